The predicted octanol–water partition coefficient (Wildman–Crippen LogP) is 1.66. The largest absolute Gasteiger partial charge is 0.492 e. The molecule has 1 amide bonds. The molecule has 9 heteroatoms. The van der Waals surface area contributed by atoms with Crippen molar-refractivity contribution in [3.05, 3.63) is 18.2 Å². The van der Waals surface area contributed by atoms with Crippen LogP contribution in [0.3, 0.4) is 0 Å². The minimum atomic E-state index is -0.493. The van der Waals surface area contributed by atoms with E-state index in [2.05, 4.69) is 4.99 Å². The fourth-order valence-electron chi connectivity index (χ4n) is 2.83. The second-order valence-corrected chi connectivity index (χ2v) is 7.56. The number of carbonyl (C=O) groups excluding carboxylic acids is 1. The van der Waals surface area contributed by atoms with Gasteiger partial charge in [0.2, 0.25) is 6.79 Å². The van der Waals surface area contributed by atoms with Gasteiger partial charge in [-0.05, 0) is 32.9 Å². The maximum Gasteiger partial charge on any atom is 0.410 e. The van der Waals surface area contributed by atoms with Gasteiger partial charge in [0.25, 0.3) is 0 Å². The fourth-order valence-corrected chi connectivity index (χ4v) is 2.83. The van der Waals surface area contributed by atoms with E-state index < -0.39 is 5.60 Å². The fraction of sp³-hybridized carbons (Fsp3) is 0.579. The summed E-state index contributed by atoms with van der Waals surface area (Å²) in [5.41, 5.74) is 5.58. The monoisotopic (exact) mass is 392 g/mol. The number of piperazine rings is 1. The van der Waals surface area contributed by atoms with Crippen molar-refractivity contribution in [1.29, 1.82) is 0 Å². The van der Waals surface area contributed by atoms with Gasteiger partial charge in [0.1, 0.15) is 18.0 Å². The van der Waals surface area contributed by atoms with Crippen LogP contribution in [-0.4, -0.2) is 73.6 Å². The van der Waals surface area contributed by atoms with Crippen LogP contribution in [0.1, 0.15) is 20.8 Å². The molecular weight excluding hydrogens is 364 g/mol. The van der Waals surface area contributed by atoms with E-state index in [1.807, 2.05) is 37.8 Å². The van der Waals surface area contributed by atoms with Gasteiger partial charge in [0.05, 0.1) is 6.54 Å². The summed E-state index contributed by atoms with van der Waals surface area (Å²) in [7, 11) is 0. The van der Waals surface area contributed by atoms with Crippen molar-refractivity contribution < 1.29 is 23.7 Å². The van der Waals surface area contributed by atoms with Crippen molar-refractivity contribution in [1.82, 2.24) is 9.80 Å². The lowest BCUT2D eigenvalue weighted by Gasteiger charge is -2.36. The normalized spacial score (nSPS) is 16.9. The Morgan fingerprint density at radius 3 is 2.54 bits per heavy atom. The van der Waals surface area contributed by atoms with Crippen molar-refractivity contribution in [2.45, 2.75) is 26.4 Å². The van der Waals surface area contributed by atoms with E-state index in [1.54, 1.807) is 11.0 Å². The first-order valence-corrected chi connectivity index (χ1v) is 9.37. The summed E-state index contributed by atoms with van der Waals surface area (Å²) in [6.07, 6.45) is -0.292. The number of rotatable bonds is 4. The molecule has 154 valence electrons. The SMILES string of the molecule is CC(C)(C)OC(=O)N1CCN(C(N)=NCCOc2ccc3c(c2)OCO3)CC1. The van der Waals surface area contributed by atoms with Gasteiger partial charge in [-0.2, -0.15) is 0 Å². The first-order chi connectivity index (χ1) is 13.3. The van der Waals surface area contributed by atoms with E-state index in [9.17, 15) is 4.79 Å². The number of guanidine groups is 1. The van der Waals surface area contributed by atoms with Gasteiger partial charge in [-0.3, -0.25) is 0 Å². The van der Waals surface area contributed by atoms with Gasteiger partial charge < -0.3 is 34.5 Å². The number of benzene rings is 1. The lowest BCUT2D eigenvalue weighted by Crippen LogP contribution is -2.53. The lowest BCUT2D eigenvalue weighted by atomic mass is 10.2. The molecule has 0 aliphatic carbocycles. The number of ether oxygens (including phenoxy) is 4. The summed E-state index contributed by atoms with van der Waals surface area (Å²) in [5.74, 6) is 2.56. The molecule has 2 aliphatic rings. The van der Waals surface area contributed by atoms with Crippen LogP contribution < -0.4 is 19.9 Å². The smallest absolute Gasteiger partial charge is 0.410 e. The van der Waals surface area contributed by atoms with Crippen LogP contribution in [0.2, 0.25) is 0 Å². The number of carbonyl (C=O) groups is 1. The van der Waals surface area contributed by atoms with Gasteiger partial charge in [-0.15, -0.1) is 0 Å². The minimum absolute atomic E-state index is 0.237. The average molecular weight is 392 g/mol. The Morgan fingerprint density at radius 2 is 1.82 bits per heavy atom. The number of nitrogens with two attached hydrogens (primary N) is 1. The number of amides is 1. The standard InChI is InChI=1S/C19H28N4O5/c1-19(2,3)28-18(24)23-9-7-22(8-10-23)17(20)21-6-11-25-14-4-5-15-16(12-14)27-13-26-15/h4-5,12H,6-11,13H2,1-3H3,(H2,20,21). The van der Waals surface area contributed by atoms with Gasteiger partial charge >= 0.3 is 6.09 Å². The molecule has 0 bridgehead atoms. The molecule has 2 heterocycles. The third kappa shape index (κ3) is 5.34. The van der Waals surface area contributed by atoms with Crippen LogP contribution in [0, 0.1) is 0 Å². The van der Waals surface area contributed by atoms with E-state index >= 15 is 0 Å². The Kier molecular flexibility index (Phi) is 6.01. The molecule has 0 saturated carbocycles. The van der Waals surface area contributed by atoms with Crippen LogP contribution in [-0.2, 0) is 4.74 Å². The molecule has 0 spiro atoms. The third-order valence-electron chi connectivity index (χ3n) is 4.23. The molecule has 1 aromatic carbocycles. The Bertz CT molecular complexity index is 724. The second kappa shape index (κ2) is 8.45. The summed E-state index contributed by atoms with van der Waals surface area (Å²) in [5, 5.41) is 0. The van der Waals surface area contributed by atoms with Crippen LogP contribution >= 0.6 is 0 Å². The van der Waals surface area contributed by atoms with Gasteiger partial charge in [-0.25, -0.2) is 9.79 Å². The first-order valence-electron chi connectivity index (χ1n) is 9.37. The zero-order chi connectivity index (χ0) is 20.1. The summed E-state index contributed by atoms with van der Waals surface area (Å²) in [6, 6.07) is 5.45. The van der Waals surface area contributed by atoms with Gasteiger partial charge in [0, 0.05) is 32.2 Å². The van der Waals surface area contributed by atoms with Crippen LogP contribution in [0.25, 0.3) is 0 Å². The van der Waals surface area contributed by atoms with Crippen LogP contribution in [0.4, 0.5) is 4.79 Å². The summed E-state index contributed by atoms with van der Waals surface area (Å²) in [6.45, 7) is 9.00. The highest BCUT2D eigenvalue weighted by atomic mass is 16.7. The molecule has 0 unspecified atom stereocenters. The summed E-state index contributed by atoms with van der Waals surface area (Å²) < 4.78 is 21.7. The molecule has 2 aliphatic heterocycles. The highest BCUT2D eigenvalue weighted by molar-refractivity contribution is 5.78. The Balaban J connectivity index is 1.39. The van der Waals surface area contributed by atoms with E-state index in [1.165, 1.54) is 0 Å². The molecular formula is C19H28N4O5. The number of hydrogen-bond acceptors (Lipinski definition) is 6. The topological polar surface area (TPSA) is 98.9 Å². The van der Waals surface area contributed by atoms with Crippen LogP contribution in [0.15, 0.2) is 23.2 Å². The lowest BCUT2D eigenvalue weighted by molar-refractivity contribution is 0.0186. The van der Waals surface area contributed by atoms with Gasteiger partial charge in [-0.1, -0.05) is 0 Å². The van der Waals surface area contributed by atoms with Crippen molar-refractivity contribution in [2.24, 2.45) is 10.7 Å². The van der Waals surface area contributed by atoms with E-state index in [4.69, 9.17) is 24.7 Å². The average Bonchev–Trinajstić information content (AvgIpc) is 3.11. The second-order valence-electron chi connectivity index (χ2n) is 7.56. The Labute approximate surface area is 165 Å². The molecule has 0 atom stereocenters. The molecule has 0 aromatic heterocycles. The Hall–Kier alpha value is -2.84. The zero-order valence-corrected chi connectivity index (χ0v) is 16.6. The molecule has 9 nitrogen and oxygen atoms in total. The zero-order valence-electron chi connectivity index (χ0n) is 16.6. The third-order valence-corrected chi connectivity index (χ3v) is 4.23. The maximum atomic E-state index is 12.1. The molecule has 1 fully saturated rings. The number of fused-ring (bicyclic) bond motifs is 1. The van der Waals surface area contributed by atoms with Crippen molar-refractivity contribution in [3.8, 4) is 17.2 Å². The van der Waals surface area contributed by atoms with E-state index in [0.717, 1.165) is 5.75 Å². The molecule has 2 N–H and O–H groups in total. The summed E-state index contributed by atoms with van der Waals surface area (Å²) >= 11 is 0. The molecule has 0 radical (unpaired) electrons. The summed E-state index contributed by atoms with van der Waals surface area (Å²) in [4.78, 5) is 20.1. The van der Waals surface area contributed by atoms with E-state index in [0.29, 0.717) is 56.8 Å². The van der Waals surface area contributed by atoms with Crippen LogP contribution in [0.5, 0.6) is 17.2 Å². The first kappa shape index (κ1) is 19.9. The molecule has 1 saturated heterocycles. The number of hydrogen-bond donors (Lipinski definition) is 1. The Morgan fingerprint density at radius 1 is 1.14 bits per heavy atom. The molecule has 3 rings (SSSR count). The van der Waals surface area contributed by atoms with Crippen molar-refractivity contribution in [3.63, 3.8) is 0 Å². The van der Waals surface area contributed by atoms with Crippen molar-refractivity contribution >= 4 is 12.1 Å². The molecule has 1 aromatic rings. The number of nitrogens with zero attached hydrogens (tertiary/aromatic N) is 3. The van der Waals surface area contributed by atoms with Crippen molar-refractivity contribution in [2.75, 3.05) is 46.1 Å². The predicted molar refractivity (Wildman–Crippen MR) is 104 cm³/mol. The quantitative estimate of drug-likeness (QED) is 0.473. The number of aliphatic imine (C=N–C) groups is 1. The van der Waals surface area contributed by atoms with Gasteiger partial charge in [0.15, 0.2) is 17.5 Å². The molecule has 28 heavy (non-hydrogen) atoms. The maximum absolute atomic E-state index is 12.1. The highest BCUT2D eigenvalue weighted by Gasteiger charge is 2.26. The minimum Gasteiger partial charge on any atom is -0.492 e. The highest BCUT2D eigenvalue weighted by Crippen LogP contribution is 2.34. The van der Waals surface area contributed by atoms with E-state index in [-0.39, 0.29) is 12.9 Å².